The molecule has 1 aromatic carbocycles. The Morgan fingerprint density at radius 2 is 1.88 bits per heavy atom. The average Bonchev–Trinajstić information content (AvgIpc) is 2.98. The van der Waals surface area contributed by atoms with Crippen molar-refractivity contribution in [2.45, 2.75) is 6.92 Å². The van der Waals surface area contributed by atoms with Crippen LogP contribution in [-0.2, 0) is 0 Å². The standard InChI is InChI=1S/C12H11N5/c1-8-10(7-13-15-8)12-14-11(16-17-12)9-5-3-2-4-6-9/h2-7H,1H3,(H,13,15)(H,14,16,17). The zero-order valence-corrected chi connectivity index (χ0v) is 9.31. The van der Waals surface area contributed by atoms with Crippen LogP contribution in [-0.4, -0.2) is 25.4 Å². The van der Waals surface area contributed by atoms with Gasteiger partial charge in [-0.15, -0.1) is 0 Å². The van der Waals surface area contributed by atoms with Gasteiger partial charge >= 0.3 is 0 Å². The van der Waals surface area contributed by atoms with Crippen molar-refractivity contribution in [2.75, 3.05) is 0 Å². The third-order valence-corrected chi connectivity index (χ3v) is 2.60. The quantitative estimate of drug-likeness (QED) is 0.702. The summed E-state index contributed by atoms with van der Waals surface area (Å²) in [5.41, 5.74) is 2.91. The highest BCUT2D eigenvalue weighted by Gasteiger charge is 2.10. The predicted molar refractivity (Wildman–Crippen MR) is 64.1 cm³/mol. The second-order valence-corrected chi connectivity index (χ2v) is 3.78. The third kappa shape index (κ3) is 1.71. The molecule has 2 N–H and O–H groups in total. The van der Waals surface area contributed by atoms with E-state index in [1.807, 2.05) is 37.3 Å². The highest BCUT2D eigenvalue weighted by Crippen LogP contribution is 2.20. The number of H-pyrrole nitrogens is 2. The maximum Gasteiger partial charge on any atom is 0.181 e. The number of benzene rings is 1. The molecular formula is C12H11N5. The van der Waals surface area contributed by atoms with Crippen LogP contribution in [0.3, 0.4) is 0 Å². The summed E-state index contributed by atoms with van der Waals surface area (Å²) in [5, 5.41) is 14.0. The zero-order valence-electron chi connectivity index (χ0n) is 9.31. The van der Waals surface area contributed by atoms with Crippen molar-refractivity contribution in [3.05, 3.63) is 42.2 Å². The molecule has 84 valence electrons. The van der Waals surface area contributed by atoms with Gasteiger partial charge in [0.2, 0.25) is 0 Å². The van der Waals surface area contributed by atoms with Crippen molar-refractivity contribution in [1.29, 1.82) is 0 Å². The van der Waals surface area contributed by atoms with Crippen LogP contribution in [0, 0.1) is 6.92 Å². The van der Waals surface area contributed by atoms with Crippen molar-refractivity contribution in [3.8, 4) is 22.8 Å². The van der Waals surface area contributed by atoms with Gasteiger partial charge in [-0.2, -0.15) is 10.2 Å². The SMILES string of the molecule is Cc1[nH]ncc1-c1nc(-c2ccccc2)n[nH]1. The van der Waals surface area contributed by atoms with Crippen LogP contribution in [0.2, 0.25) is 0 Å². The Kier molecular flexibility index (Phi) is 2.22. The van der Waals surface area contributed by atoms with Crippen LogP contribution in [0.25, 0.3) is 22.8 Å². The molecular weight excluding hydrogens is 214 g/mol. The summed E-state index contributed by atoms with van der Waals surface area (Å²) in [5.74, 6) is 1.43. The van der Waals surface area contributed by atoms with Crippen LogP contribution in [0.15, 0.2) is 36.5 Å². The van der Waals surface area contributed by atoms with E-state index in [0.29, 0.717) is 5.82 Å². The molecule has 17 heavy (non-hydrogen) atoms. The summed E-state index contributed by atoms with van der Waals surface area (Å²) in [6.45, 7) is 1.95. The first-order valence-corrected chi connectivity index (χ1v) is 5.33. The number of rotatable bonds is 2. The highest BCUT2D eigenvalue weighted by molar-refractivity contribution is 5.61. The number of nitrogens with zero attached hydrogens (tertiary/aromatic N) is 3. The van der Waals surface area contributed by atoms with E-state index in [2.05, 4.69) is 25.4 Å². The van der Waals surface area contributed by atoms with Crippen molar-refractivity contribution in [3.63, 3.8) is 0 Å². The van der Waals surface area contributed by atoms with Gasteiger partial charge in [0.25, 0.3) is 0 Å². The smallest absolute Gasteiger partial charge is 0.181 e. The van der Waals surface area contributed by atoms with Crippen molar-refractivity contribution < 1.29 is 0 Å². The predicted octanol–water partition coefficient (Wildman–Crippen LogP) is 2.17. The first-order valence-electron chi connectivity index (χ1n) is 5.33. The molecule has 3 rings (SSSR count). The Hall–Kier alpha value is -2.43. The summed E-state index contributed by atoms with van der Waals surface area (Å²) in [6.07, 6.45) is 1.74. The molecule has 5 heteroatoms. The molecule has 3 aromatic rings. The number of nitrogens with one attached hydrogen (secondary N) is 2. The number of aryl methyl sites for hydroxylation is 1. The van der Waals surface area contributed by atoms with Gasteiger partial charge in [0.05, 0.1) is 11.8 Å². The normalized spacial score (nSPS) is 10.6. The Labute approximate surface area is 97.9 Å². The molecule has 0 bridgehead atoms. The molecule has 0 saturated heterocycles. The summed E-state index contributed by atoms with van der Waals surface area (Å²) >= 11 is 0. The van der Waals surface area contributed by atoms with E-state index in [1.54, 1.807) is 6.20 Å². The molecule has 0 aliphatic heterocycles. The van der Waals surface area contributed by atoms with E-state index in [1.165, 1.54) is 0 Å². The minimum Gasteiger partial charge on any atom is -0.282 e. The van der Waals surface area contributed by atoms with Gasteiger partial charge in [-0.1, -0.05) is 30.3 Å². The first kappa shape index (κ1) is 9.77. The molecule has 0 aliphatic rings. The summed E-state index contributed by atoms with van der Waals surface area (Å²) in [4.78, 5) is 4.46. The molecule has 0 radical (unpaired) electrons. The van der Waals surface area contributed by atoms with E-state index < -0.39 is 0 Å². The largest absolute Gasteiger partial charge is 0.282 e. The van der Waals surface area contributed by atoms with Crippen LogP contribution in [0.5, 0.6) is 0 Å². The Morgan fingerprint density at radius 3 is 2.59 bits per heavy atom. The van der Waals surface area contributed by atoms with Gasteiger partial charge in [-0.3, -0.25) is 10.2 Å². The van der Waals surface area contributed by atoms with Crippen molar-refractivity contribution >= 4 is 0 Å². The molecule has 0 unspecified atom stereocenters. The average molecular weight is 225 g/mol. The van der Waals surface area contributed by atoms with Crippen LogP contribution in [0.4, 0.5) is 0 Å². The number of hydrogen-bond donors (Lipinski definition) is 2. The lowest BCUT2D eigenvalue weighted by atomic mass is 10.2. The maximum atomic E-state index is 4.46. The van der Waals surface area contributed by atoms with Gasteiger partial charge in [0.15, 0.2) is 11.6 Å². The fourth-order valence-electron chi connectivity index (χ4n) is 1.69. The Morgan fingerprint density at radius 1 is 1.06 bits per heavy atom. The molecule has 0 amide bonds. The molecule has 0 aliphatic carbocycles. The zero-order chi connectivity index (χ0) is 11.7. The molecule has 5 nitrogen and oxygen atoms in total. The van der Waals surface area contributed by atoms with Gasteiger partial charge in [-0.05, 0) is 6.92 Å². The molecule has 0 atom stereocenters. The Bertz CT molecular complexity index is 623. The topological polar surface area (TPSA) is 70.2 Å². The molecule has 2 aromatic heterocycles. The Balaban J connectivity index is 2.02. The van der Waals surface area contributed by atoms with E-state index in [-0.39, 0.29) is 0 Å². The van der Waals surface area contributed by atoms with Crippen LogP contribution < -0.4 is 0 Å². The minimum atomic E-state index is 0.696. The lowest BCUT2D eigenvalue weighted by Gasteiger charge is -1.92. The van der Waals surface area contributed by atoms with Gasteiger partial charge in [0.1, 0.15) is 0 Å². The highest BCUT2D eigenvalue weighted by atomic mass is 15.2. The number of hydrogen-bond acceptors (Lipinski definition) is 3. The van der Waals surface area contributed by atoms with E-state index in [0.717, 1.165) is 22.6 Å². The van der Waals surface area contributed by atoms with Gasteiger partial charge in [0, 0.05) is 11.3 Å². The fourth-order valence-corrected chi connectivity index (χ4v) is 1.69. The monoisotopic (exact) mass is 225 g/mol. The third-order valence-electron chi connectivity index (χ3n) is 2.60. The molecule has 0 fully saturated rings. The molecule has 0 spiro atoms. The van der Waals surface area contributed by atoms with E-state index in [4.69, 9.17) is 0 Å². The number of aromatic amines is 2. The lowest BCUT2D eigenvalue weighted by Crippen LogP contribution is -1.81. The van der Waals surface area contributed by atoms with Crippen molar-refractivity contribution in [2.24, 2.45) is 0 Å². The van der Waals surface area contributed by atoms with Crippen LogP contribution >= 0.6 is 0 Å². The van der Waals surface area contributed by atoms with Crippen LogP contribution in [0.1, 0.15) is 5.69 Å². The maximum absolute atomic E-state index is 4.46. The molecule has 0 saturated carbocycles. The van der Waals surface area contributed by atoms with E-state index in [9.17, 15) is 0 Å². The second kappa shape index (κ2) is 3.86. The van der Waals surface area contributed by atoms with E-state index >= 15 is 0 Å². The minimum absolute atomic E-state index is 0.696. The lowest BCUT2D eigenvalue weighted by molar-refractivity contribution is 1.05. The number of aromatic nitrogens is 5. The van der Waals surface area contributed by atoms with Crippen molar-refractivity contribution in [1.82, 2.24) is 25.4 Å². The van der Waals surface area contributed by atoms with Gasteiger partial charge < -0.3 is 0 Å². The fraction of sp³-hybridized carbons (Fsp3) is 0.0833. The summed E-state index contributed by atoms with van der Waals surface area (Å²) in [6, 6.07) is 9.87. The second-order valence-electron chi connectivity index (χ2n) is 3.78. The van der Waals surface area contributed by atoms with Gasteiger partial charge in [-0.25, -0.2) is 4.98 Å². The summed E-state index contributed by atoms with van der Waals surface area (Å²) in [7, 11) is 0. The first-order chi connectivity index (χ1) is 8.34. The molecule has 2 heterocycles. The summed E-state index contributed by atoms with van der Waals surface area (Å²) < 4.78 is 0.